The maximum Gasteiger partial charge on any atom is 0.415 e. The number of carboxylic acid groups (broad SMARTS) is 1. The number of β-lactam (4-membered cyclic amide) rings is 1. The average Bonchev–Trinajstić information content (AvgIpc) is 2.12. The molecular weight excluding hydrogens is 247 g/mol. The molecule has 0 aliphatic carbocycles. The van der Waals surface area contributed by atoms with E-state index in [2.05, 4.69) is 0 Å². The number of nitrogens with zero attached hydrogens (tertiary/aromatic N) is 1. The topological polar surface area (TPSA) is 57.6 Å². The van der Waals surface area contributed by atoms with Crippen molar-refractivity contribution in [3.8, 4) is 0 Å². The molecule has 0 spiro atoms. The second kappa shape index (κ2) is 3.41. The van der Waals surface area contributed by atoms with E-state index in [1.807, 2.05) is 0 Å². The largest absolute Gasteiger partial charge is 0.477 e. The van der Waals surface area contributed by atoms with Gasteiger partial charge in [0, 0.05) is 5.75 Å². The Morgan fingerprint density at radius 2 is 2.12 bits per heavy atom. The summed E-state index contributed by atoms with van der Waals surface area (Å²) in [7, 11) is 0. The van der Waals surface area contributed by atoms with Gasteiger partial charge in [0.15, 0.2) is 0 Å². The first kappa shape index (κ1) is 11.3. The highest BCUT2D eigenvalue weighted by atomic mass is 32.2. The summed E-state index contributed by atoms with van der Waals surface area (Å²) in [5, 5.41) is 8.30. The van der Waals surface area contributed by atoms with Gasteiger partial charge in [0.05, 0.1) is 17.4 Å². The van der Waals surface area contributed by atoms with Crippen LogP contribution in [-0.2, 0) is 9.59 Å². The lowest BCUT2D eigenvalue weighted by atomic mass is 10.1. The molecule has 1 amide bonds. The number of alkyl halides is 3. The van der Waals surface area contributed by atoms with E-state index in [9.17, 15) is 22.8 Å². The monoisotopic (exact) mass is 253 g/mol. The summed E-state index contributed by atoms with van der Waals surface area (Å²) < 4.78 is 37.6. The van der Waals surface area contributed by atoms with Crippen LogP contribution in [-0.4, -0.2) is 39.2 Å². The average molecular weight is 253 g/mol. The van der Waals surface area contributed by atoms with Gasteiger partial charge in [0.1, 0.15) is 5.70 Å². The highest BCUT2D eigenvalue weighted by Gasteiger charge is 2.51. The fourth-order valence-electron chi connectivity index (χ4n) is 1.63. The molecule has 1 saturated heterocycles. The molecule has 0 unspecified atom stereocenters. The zero-order valence-corrected chi connectivity index (χ0v) is 8.56. The second-order valence-electron chi connectivity index (χ2n) is 3.36. The fraction of sp³-hybridized carbons (Fsp3) is 0.500. The molecule has 88 valence electrons. The maximum absolute atomic E-state index is 12.5. The predicted octanol–water partition coefficient (Wildman–Crippen LogP) is 1.19. The lowest BCUT2D eigenvalue weighted by Crippen LogP contribution is -2.54. The molecule has 0 aromatic carbocycles. The number of rotatable bonds is 1. The molecule has 0 bridgehead atoms. The Morgan fingerprint density at radius 3 is 2.56 bits per heavy atom. The number of carbonyl (C=O) groups excluding carboxylic acids is 1. The van der Waals surface area contributed by atoms with Gasteiger partial charge in [-0.1, -0.05) is 0 Å². The van der Waals surface area contributed by atoms with Crippen molar-refractivity contribution in [2.24, 2.45) is 0 Å². The standard InChI is InChI=1S/C8H6F3NO3S/c9-8(10,11)3-2-16-5-1-4(13)12(5)6(3)7(14)15/h5H,1-2H2,(H,14,15)/t5-/m1/s1. The van der Waals surface area contributed by atoms with Crippen molar-refractivity contribution in [1.82, 2.24) is 4.90 Å². The van der Waals surface area contributed by atoms with Gasteiger partial charge in [-0.2, -0.15) is 13.2 Å². The smallest absolute Gasteiger partial charge is 0.415 e. The van der Waals surface area contributed by atoms with Gasteiger partial charge in [-0.15, -0.1) is 11.8 Å². The number of halogens is 3. The number of aliphatic carboxylic acids is 1. The van der Waals surface area contributed by atoms with Crippen molar-refractivity contribution >= 4 is 23.6 Å². The third-order valence-electron chi connectivity index (χ3n) is 2.40. The van der Waals surface area contributed by atoms with Crippen molar-refractivity contribution in [3.63, 3.8) is 0 Å². The van der Waals surface area contributed by atoms with Crippen LogP contribution >= 0.6 is 11.8 Å². The molecular formula is C8H6F3NO3S. The van der Waals surface area contributed by atoms with Crippen molar-refractivity contribution in [2.45, 2.75) is 18.0 Å². The van der Waals surface area contributed by atoms with Crippen molar-refractivity contribution in [2.75, 3.05) is 5.75 Å². The number of thioether (sulfide) groups is 1. The van der Waals surface area contributed by atoms with Crippen molar-refractivity contribution < 1.29 is 27.9 Å². The molecule has 0 aromatic heterocycles. The van der Waals surface area contributed by atoms with Crippen molar-refractivity contribution in [3.05, 3.63) is 11.3 Å². The molecule has 16 heavy (non-hydrogen) atoms. The number of amides is 1. The molecule has 2 aliphatic heterocycles. The number of fused-ring (bicyclic) bond motifs is 1. The number of carboxylic acids is 1. The first-order chi connectivity index (χ1) is 7.32. The van der Waals surface area contributed by atoms with Gasteiger partial charge in [0.25, 0.3) is 0 Å². The first-order valence-electron chi connectivity index (χ1n) is 4.29. The normalized spacial score (nSPS) is 25.3. The molecule has 1 N–H and O–H groups in total. The summed E-state index contributed by atoms with van der Waals surface area (Å²) >= 11 is 0.937. The van der Waals surface area contributed by atoms with E-state index in [4.69, 9.17) is 5.11 Å². The molecule has 8 heteroatoms. The Labute approximate surface area is 92.1 Å². The number of hydrogen-bond donors (Lipinski definition) is 1. The molecule has 4 nitrogen and oxygen atoms in total. The number of hydrogen-bond acceptors (Lipinski definition) is 3. The van der Waals surface area contributed by atoms with Gasteiger partial charge in [-0.25, -0.2) is 4.79 Å². The molecule has 0 radical (unpaired) electrons. The second-order valence-corrected chi connectivity index (χ2v) is 4.53. The van der Waals surface area contributed by atoms with Crippen LogP contribution in [0.5, 0.6) is 0 Å². The zero-order chi connectivity index (χ0) is 12.1. The molecule has 2 heterocycles. The van der Waals surface area contributed by atoms with Crippen LogP contribution in [0.15, 0.2) is 11.3 Å². The molecule has 1 atom stereocenters. The summed E-state index contributed by atoms with van der Waals surface area (Å²) in [5.41, 5.74) is -2.05. The van der Waals surface area contributed by atoms with E-state index in [1.54, 1.807) is 0 Å². The van der Waals surface area contributed by atoms with Crippen LogP contribution < -0.4 is 0 Å². The Morgan fingerprint density at radius 1 is 1.50 bits per heavy atom. The van der Waals surface area contributed by atoms with E-state index < -0.39 is 40.4 Å². The van der Waals surface area contributed by atoms with Gasteiger partial charge in [-0.3, -0.25) is 9.69 Å². The quantitative estimate of drug-likeness (QED) is 0.713. The maximum atomic E-state index is 12.5. The number of carbonyl (C=O) groups is 2. The lowest BCUT2D eigenvalue weighted by Gasteiger charge is -2.44. The van der Waals surface area contributed by atoms with Crippen LogP contribution in [0.1, 0.15) is 6.42 Å². The van der Waals surface area contributed by atoms with E-state index in [-0.39, 0.29) is 6.42 Å². The molecule has 1 fully saturated rings. The highest BCUT2D eigenvalue weighted by molar-refractivity contribution is 8.00. The SMILES string of the molecule is O=C(O)C1=C(C(F)(F)F)CS[C@@H]2CC(=O)N12. The predicted molar refractivity (Wildman–Crippen MR) is 48.4 cm³/mol. The third-order valence-corrected chi connectivity index (χ3v) is 3.62. The minimum absolute atomic E-state index is 0.104. The van der Waals surface area contributed by atoms with Crippen LogP contribution in [0.25, 0.3) is 0 Å². The minimum Gasteiger partial charge on any atom is -0.477 e. The Hall–Kier alpha value is -1.18. The van der Waals surface area contributed by atoms with Gasteiger partial charge in [-0.05, 0) is 0 Å². The lowest BCUT2D eigenvalue weighted by molar-refractivity contribution is -0.148. The summed E-state index contributed by atoms with van der Waals surface area (Å²) in [5.74, 6) is -2.69. The van der Waals surface area contributed by atoms with Crippen LogP contribution in [0.4, 0.5) is 13.2 Å². The van der Waals surface area contributed by atoms with Gasteiger partial charge >= 0.3 is 12.1 Å². The fourth-order valence-corrected chi connectivity index (χ4v) is 2.92. The zero-order valence-electron chi connectivity index (χ0n) is 7.74. The van der Waals surface area contributed by atoms with E-state index >= 15 is 0 Å². The Bertz CT molecular complexity index is 404. The molecule has 0 aromatic rings. The Balaban J connectivity index is 2.48. The molecule has 2 aliphatic rings. The Kier molecular flexibility index (Phi) is 2.41. The first-order valence-corrected chi connectivity index (χ1v) is 5.34. The van der Waals surface area contributed by atoms with E-state index in [0.717, 1.165) is 16.7 Å². The third kappa shape index (κ3) is 1.57. The van der Waals surface area contributed by atoms with E-state index in [0.29, 0.717) is 0 Å². The molecule has 0 saturated carbocycles. The van der Waals surface area contributed by atoms with E-state index in [1.165, 1.54) is 0 Å². The summed E-state index contributed by atoms with van der Waals surface area (Å²) in [4.78, 5) is 22.6. The summed E-state index contributed by atoms with van der Waals surface area (Å²) in [6.45, 7) is 0. The van der Waals surface area contributed by atoms with Crippen molar-refractivity contribution in [1.29, 1.82) is 0 Å². The summed E-state index contributed by atoms with van der Waals surface area (Å²) in [6, 6.07) is 0. The van der Waals surface area contributed by atoms with Gasteiger partial charge < -0.3 is 5.11 Å². The highest BCUT2D eigenvalue weighted by Crippen LogP contribution is 2.44. The minimum atomic E-state index is -4.71. The van der Waals surface area contributed by atoms with Crippen LogP contribution in [0, 0.1) is 0 Å². The summed E-state index contributed by atoms with van der Waals surface area (Å²) in [6.07, 6.45) is -4.60. The molecule has 2 rings (SSSR count). The van der Waals surface area contributed by atoms with Gasteiger partial charge in [0.2, 0.25) is 5.91 Å². The van der Waals surface area contributed by atoms with Crippen LogP contribution in [0.3, 0.4) is 0 Å². The van der Waals surface area contributed by atoms with Crippen LogP contribution in [0.2, 0.25) is 0 Å².